The van der Waals surface area contributed by atoms with Gasteiger partial charge in [-0.1, -0.05) is 25.1 Å². The predicted molar refractivity (Wildman–Crippen MR) is 134 cm³/mol. The molecule has 37 heavy (non-hydrogen) atoms. The van der Waals surface area contributed by atoms with Crippen molar-refractivity contribution in [3.05, 3.63) is 76.7 Å². The van der Waals surface area contributed by atoms with Gasteiger partial charge in [0.1, 0.15) is 5.69 Å². The van der Waals surface area contributed by atoms with Crippen LogP contribution in [-0.2, 0) is 19.8 Å². The molecule has 0 fully saturated rings. The van der Waals surface area contributed by atoms with Gasteiger partial charge in [-0.2, -0.15) is 18.3 Å². The average molecular weight is 512 g/mol. The van der Waals surface area contributed by atoms with Gasteiger partial charge in [0.2, 0.25) is 0 Å². The zero-order chi connectivity index (χ0) is 26.9. The van der Waals surface area contributed by atoms with E-state index >= 15 is 0 Å². The highest BCUT2D eigenvalue weighted by Crippen LogP contribution is 2.32. The lowest BCUT2D eigenvalue weighted by molar-refractivity contribution is -0.137. The Morgan fingerprint density at radius 3 is 2.51 bits per heavy atom. The Kier molecular flexibility index (Phi) is 7.17. The molecule has 0 aliphatic heterocycles. The first-order valence-corrected chi connectivity index (χ1v) is 11.7. The normalized spacial score (nSPS) is 11.8. The second-order valence-corrected chi connectivity index (χ2v) is 9.22. The summed E-state index contributed by atoms with van der Waals surface area (Å²) in [5, 5.41) is 18.4. The minimum atomic E-state index is -4.54. The van der Waals surface area contributed by atoms with E-state index in [0.717, 1.165) is 29.0 Å². The lowest BCUT2D eigenvalue weighted by Crippen LogP contribution is -2.22. The summed E-state index contributed by atoms with van der Waals surface area (Å²) in [7, 11) is 1.84. The number of carbonyl (C=O) groups excluding carboxylic acids is 1. The third-order valence-electron chi connectivity index (χ3n) is 6.02. The monoisotopic (exact) mass is 511 g/mol. The molecular weight excluding hydrogens is 483 g/mol. The van der Waals surface area contributed by atoms with Crippen molar-refractivity contribution < 1.29 is 18.0 Å². The summed E-state index contributed by atoms with van der Waals surface area (Å²) in [4.78, 5) is 13.1. The molecule has 4 aromatic rings. The number of alkyl halides is 3. The maximum atomic E-state index is 13.5. The van der Waals surface area contributed by atoms with Gasteiger partial charge in [0.25, 0.3) is 5.91 Å². The van der Waals surface area contributed by atoms with Crippen LogP contribution in [0.4, 0.5) is 18.9 Å². The van der Waals surface area contributed by atoms with Gasteiger partial charge in [0.15, 0.2) is 0 Å². The predicted octanol–water partition coefficient (Wildman–Crippen LogP) is 5.05. The highest BCUT2D eigenvalue weighted by Gasteiger charge is 2.31. The van der Waals surface area contributed by atoms with Crippen molar-refractivity contribution in [2.75, 3.05) is 5.32 Å². The van der Waals surface area contributed by atoms with Crippen LogP contribution in [0.3, 0.4) is 0 Å². The molecule has 0 spiro atoms. The molecule has 2 aromatic carbocycles. The molecule has 11 heteroatoms. The molecule has 0 saturated carbocycles. The first-order valence-electron chi connectivity index (χ1n) is 11.7. The first-order chi connectivity index (χ1) is 17.4. The van der Waals surface area contributed by atoms with Gasteiger partial charge < -0.3 is 10.6 Å². The topological polar surface area (TPSA) is 89.7 Å². The van der Waals surface area contributed by atoms with E-state index in [1.807, 2.05) is 34.7 Å². The Balaban J connectivity index is 1.61. The molecule has 2 heterocycles. The van der Waals surface area contributed by atoms with Gasteiger partial charge >= 0.3 is 6.18 Å². The van der Waals surface area contributed by atoms with Crippen LogP contribution >= 0.6 is 0 Å². The number of hydrogen-bond donors (Lipinski definition) is 2. The molecule has 0 radical (unpaired) electrons. The fourth-order valence-electron chi connectivity index (χ4n) is 3.81. The third kappa shape index (κ3) is 5.88. The van der Waals surface area contributed by atoms with Crippen molar-refractivity contribution in [2.24, 2.45) is 7.05 Å². The van der Waals surface area contributed by atoms with Crippen LogP contribution in [0.5, 0.6) is 0 Å². The third-order valence-corrected chi connectivity index (χ3v) is 6.02. The summed E-state index contributed by atoms with van der Waals surface area (Å²) in [5.41, 5.74) is 3.81. The number of rotatable bonds is 7. The first kappa shape index (κ1) is 26.1. The summed E-state index contributed by atoms with van der Waals surface area (Å²) in [6, 6.07) is 8.66. The van der Waals surface area contributed by atoms with Gasteiger partial charge in [0, 0.05) is 42.1 Å². The number of amides is 1. The van der Waals surface area contributed by atoms with Gasteiger partial charge in [-0.05, 0) is 55.3 Å². The Labute approximate surface area is 212 Å². The number of aryl methyl sites for hydroxylation is 2. The second-order valence-electron chi connectivity index (χ2n) is 9.22. The highest BCUT2D eigenvalue weighted by atomic mass is 19.4. The molecule has 4 rings (SSSR count). The summed E-state index contributed by atoms with van der Waals surface area (Å²) < 4.78 is 43.8. The zero-order valence-corrected chi connectivity index (χ0v) is 21.2. The van der Waals surface area contributed by atoms with Crippen LogP contribution in [-0.4, -0.2) is 36.7 Å². The Bertz CT molecular complexity index is 1440. The zero-order valence-electron chi connectivity index (χ0n) is 21.2. The van der Waals surface area contributed by atoms with Crippen molar-refractivity contribution in [2.45, 2.75) is 46.5 Å². The van der Waals surface area contributed by atoms with Crippen LogP contribution in [0.2, 0.25) is 0 Å². The Hall–Kier alpha value is -3.99. The summed E-state index contributed by atoms with van der Waals surface area (Å²) >= 11 is 0. The number of nitrogens with one attached hydrogen (secondary N) is 2. The maximum Gasteiger partial charge on any atom is 0.416 e. The van der Waals surface area contributed by atoms with E-state index in [9.17, 15) is 18.0 Å². The minimum Gasteiger partial charge on any atom is -0.322 e. The van der Waals surface area contributed by atoms with E-state index in [2.05, 4.69) is 26.0 Å². The number of benzene rings is 2. The Morgan fingerprint density at radius 1 is 1.11 bits per heavy atom. The van der Waals surface area contributed by atoms with Crippen molar-refractivity contribution in [1.82, 2.24) is 30.1 Å². The van der Waals surface area contributed by atoms with Gasteiger partial charge in [-0.3, -0.25) is 9.48 Å². The van der Waals surface area contributed by atoms with E-state index < -0.39 is 17.6 Å². The van der Waals surface area contributed by atoms with E-state index in [-0.39, 0.29) is 23.8 Å². The van der Waals surface area contributed by atoms with Crippen LogP contribution in [0.15, 0.2) is 48.8 Å². The molecule has 0 bridgehead atoms. The number of carbonyl (C=O) groups is 1. The number of nitrogens with zero attached hydrogens (tertiary/aromatic N) is 5. The van der Waals surface area contributed by atoms with Crippen LogP contribution in [0.1, 0.15) is 46.6 Å². The molecule has 194 valence electrons. The van der Waals surface area contributed by atoms with Crippen LogP contribution in [0.25, 0.3) is 16.9 Å². The standard InChI is InChI=1S/C26H28F3N7O/c1-15(2)30-12-18-8-20(26(27,28)29)11-21(9-18)32-25(37)19-7-6-16(3)24(10-19)36-14-23(33-34-36)22-13-31-35(5)17(22)4/h6-11,13-15,30H,12H2,1-5H3,(H,32,37). The quantitative estimate of drug-likeness (QED) is 0.362. The molecule has 0 aliphatic rings. The number of anilines is 1. The largest absolute Gasteiger partial charge is 0.416 e. The van der Waals surface area contributed by atoms with Gasteiger partial charge in [-0.25, -0.2) is 4.68 Å². The highest BCUT2D eigenvalue weighted by molar-refractivity contribution is 6.04. The smallest absolute Gasteiger partial charge is 0.322 e. The average Bonchev–Trinajstić information content (AvgIpc) is 3.44. The van der Waals surface area contributed by atoms with Gasteiger partial charge in [0.05, 0.1) is 23.6 Å². The molecule has 8 nitrogen and oxygen atoms in total. The number of halogens is 3. The lowest BCUT2D eigenvalue weighted by atomic mass is 10.1. The Morgan fingerprint density at radius 2 is 1.86 bits per heavy atom. The molecular formula is C26H28F3N7O. The van der Waals surface area contributed by atoms with Crippen molar-refractivity contribution in [3.8, 4) is 16.9 Å². The molecule has 2 aromatic heterocycles. The van der Waals surface area contributed by atoms with E-state index in [1.165, 1.54) is 6.07 Å². The SMILES string of the molecule is Cc1ccc(C(=O)Nc2cc(CNC(C)C)cc(C(F)(F)F)c2)cc1-n1cc(-c2cnn(C)c2C)nn1. The fourth-order valence-corrected chi connectivity index (χ4v) is 3.81. The van der Waals surface area contributed by atoms with Crippen molar-refractivity contribution in [3.63, 3.8) is 0 Å². The molecule has 0 aliphatic carbocycles. The van der Waals surface area contributed by atoms with Crippen molar-refractivity contribution >= 4 is 11.6 Å². The van der Waals surface area contributed by atoms with Crippen LogP contribution < -0.4 is 10.6 Å². The van der Waals surface area contributed by atoms with E-state index in [4.69, 9.17) is 0 Å². The maximum absolute atomic E-state index is 13.5. The molecule has 0 atom stereocenters. The lowest BCUT2D eigenvalue weighted by Gasteiger charge is -2.15. The number of hydrogen-bond acceptors (Lipinski definition) is 5. The minimum absolute atomic E-state index is 0.0672. The summed E-state index contributed by atoms with van der Waals surface area (Å²) in [5.74, 6) is -0.535. The molecule has 2 N–H and O–H groups in total. The number of aromatic nitrogens is 5. The summed E-state index contributed by atoms with van der Waals surface area (Å²) in [6.45, 7) is 7.84. The van der Waals surface area contributed by atoms with Crippen LogP contribution in [0, 0.1) is 13.8 Å². The van der Waals surface area contributed by atoms with E-state index in [0.29, 0.717) is 16.9 Å². The fraction of sp³-hybridized carbons (Fsp3) is 0.308. The van der Waals surface area contributed by atoms with Gasteiger partial charge in [-0.15, -0.1) is 5.10 Å². The second kappa shape index (κ2) is 10.2. The summed E-state index contributed by atoms with van der Waals surface area (Å²) in [6.07, 6.45) is -1.09. The van der Waals surface area contributed by atoms with E-state index in [1.54, 1.807) is 40.0 Å². The molecule has 0 saturated heterocycles. The van der Waals surface area contributed by atoms with Crippen molar-refractivity contribution in [1.29, 1.82) is 0 Å². The molecule has 0 unspecified atom stereocenters. The molecule has 1 amide bonds.